The van der Waals surface area contributed by atoms with Crippen LogP contribution >= 0.6 is 0 Å². The first kappa shape index (κ1) is 18.9. The van der Waals surface area contributed by atoms with Gasteiger partial charge >= 0.3 is 0 Å². The molecule has 3 aliphatic rings. The summed E-state index contributed by atoms with van der Waals surface area (Å²) in [6.07, 6.45) is 6.23. The molecule has 1 N–H and O–H groups in total. The molecule has 3 saturated heterocycles. The van der Waals surface area contributed by atoms with E-state index in [4.69, 9.17) is 0 Å². The van der Waals surface area contributed by atoms with Crippen LogP contribution < -0.4 is 5.32 Å². The van der Waals surface area contributed by atoms with Crippen LogP contribution in [0.25, 0.3) is 0 Å². The SMILES string of the molecule is O=C(c1ccc(S(=O)(=O)N2CCCCC2)cc1)N1CCC2(CCNC2)CC1. The molecule has 7 heteroatoms. The number of benzene rings is 1. The molecule has 27 heavy (non-hydrogen) atoms. The van der Waals surface area contributed by atoms with Gasteiger partial charge in [0.05, 0.1) is 4.90 Å². The lowest BCUT2D eigenvalue weighted by atomic mass is 9.78. The molecule has 6 nitrogen and oxygen atoms in total. The Morgan fingerprint density at radius 3 is 2.19 bits per heavy atom. The summed E-state index contributed by atoms with van der Waals surface area (Å²) in [4.78, 5) is 15.0. The fourth-order valence-electron chi connectivity index (χ4n) is 4.61. The highest BCUT2D eigenvalue weighted by molar-refractivity contribution is 7.89. The van der Waals surface area contributed by atoms with Gasteiger partial charge < -0.3 is 10.2 Å². The van der Waals surface area contributed by atoms with Crippen molar-refractivity contribution in [3.8, 4) is 0 Å². The molecule has 3 aliphatic heterocycles. The molecule has 148 valence electrons. The van der Waals surface area contributed by atoms with Crippen molar-refractivity contribution in [3.63, 3.8) is 0 Å². The van der Waals surface area contributed by atoms with E-state index in [0.29, 0.717) is 24.1 Å². The average molecular weight is 392 g/mol. The van der Waals surface area contributed by atoms with Crippen molar-refractivity contribution in [1.82, 2.24) is 14.5 Å². The van der Waals surface area contributed by atoms with E-state index in [1.54, 1.807) is 28.6 Å². The second-order valence-corrected chi connectivity index (χ2v) is 10.1. The van der Waals surface area contributed by atoms with Gasteiger partial charge in [0.15, 0.2) is 0 Å². The van der Waals surface area contributed by atoms with Gasteiger partial charge in [0.1, 0.15) is 0 Å². The van der Waals surface area contributed by atoms with Crippen LogP contribution in [0.2, 0.25) is 0 Å². The molecule has 0 unspecified atom stereocenters. The van der Waals surface area contributed by atoms with E-state index in [1.807, 2.05) is 4.90 Å². The Kier molecular flexibility index (Phi) is 5.27. The van der Waals surface area contributed by atoms with Gasteiger partial charge in [0, 0.05) is 38.3 Å². The van der Waals surface area contributed by atoms with Crippen LogP contribution in [0.5, 0.6) is 0 Å². The number of piperidine rings is 2. The molecule has 0 bridgehead atoms. The molecule has 1 amide bonds. The van der Waals surface area contributed by atoms with Gasteiger partial charge in [-0.1, -0.05) is 6.42 Å². The summed E-state index contributed by atoms with van der Waals surface area (Å²) in [7, 11) is -3.44. The van der Waals surface area contributed by atoms with Gasteiger partial charge in [0.25, 0.3) is 5.91 Å². The van der Waals surface area contributed by atoms with Crippen molar-refractivity contribution in [1.29, 1.82) is 0 Å². The highest BCUT2D eigenvalue weighted by Gasteiger charge is 2.38. The van der Waals surface area contributed by atoms with E-state index in [-0.39, 0.29) is 10.8 Å². The van der Waals surface area contributed by atoms with Crippen molar-refractivity contribution in [2.45, 2.75) is 43.4 Å². The lowest BCUT2D eigenvalue weighted by molar-refractivity contribution is 0.0607. The monoisotopic (exact) mass is 391 g/mol. The van der Waals surface area contributed by atoms with Crippen LogP contribution in [0.3, 0.4) is 0 Å². The van der Waals surface area contributed by atoms with Crippen molar-refractivity contribution in [2.24, 2.45) is 5.41 Å². The number of sulfonamides is 1. The predicted octanol–water partition coefficient (Wildman–Crippen LogP) is 2.08. The number of carbonyl (C=O) groups is 1. The Labute approximate surface area is 162 Å². The Hall–Kier alpha value is -1.44. The van der Waals surface area contributed by atoms with Gasteiger partial charge in [-0.05, 0) is 68.3 Å². The highest BCUT2D eigenvalue weighted by Crippen LogP contribution is 2.37. The lowest BCUT2D eigenvalue weighted by Gasteiger charge is -2.38. The Morgan fingerprint density at radius 1 is 0.926 bits per heavy atom. The Bertz CT molecular complexity index is 769. The third kappa shape index (κ3) is 3.77. The normalized spacial score (nSPS) is 23.6. The van der Waals surface area contributed by atoms with Crippen molar-refractivity contribution in [2.75, 3.05) is 39.3 Å². The summed E-state index contributed by atoms with van der Waals surface area (Å²) < 4.78 is 27.0. The van der Waals surface area contributed by atoms with E-state index in [0.717, 1.165) is 58.3 Å². The summed E-state index contributed by atoms with van der Waals surface area (Å²) in [5.41, 5.74) is 0.955. The molecule has 4 rings (SSSR count). The number of likely N-dealkylation sites (tertiary alicyclic amines) is 1. The number of nitrogens with one attached hydrogen (secondary N) is 1. The van der Waals surface area contributed by atoms with Crippen LogP contribution in [0.4, 0.5) is 0 Å². The van der Waals surface area contributed by atoms with Crippen LogP contribution in [-0.2, 0) is 10.0 Å². The standard InChI is InChI=1S/C20H29N3O3S/c24-19(22-14-9-20(10-15-22)8-11-21-16-20)17-4-6-18(7-5-17)27(25,26)23-12-2-1-3-13-23/h4-7,21H,1-3,8-16H2. The van der Waals surface area contributed by atoms with E-state index < -0.39 is 10.0 Å². The van der Waals surface area contributed by atoms with Gasteiger partial charge in [-0.25, -0.2) is 8.42 Å². The van der Waals surface area contributed by atoms with Crippen LogP contribution in [0, 0.1) is 5.41 Å². The first-order valence-electron chi connectivity index (χ1n) is 10.1. The van der Waals surface area contributed by atoms with E-state index in [9.17, 15) is 13.2 Å². The predicted molar refractivity (Wildman–Crippen MR) is 104 cm³/mol. The fourth-order valence-corrected chi connectivity index (χ4v) is 6.13. The highest BCUT2D eigenvalue weighted by atomic mass is 32.2. The molecule has 0 saturated carbocycles. The number of hydrogen-bond donors (Lipinski definition) is 1. The summed E-state index contributed by atoms with van der Waals surface area (Å²) in [5, 5.41) is 3.44. The molecule has 0 aromatic heterocycles. The van der Waals surface area contributed by atoms with Crippen molar-refractivity contribution < 1.29 is 13.2 Å². The smallest absolute Gasteiger partial charge is 0.253 e. The number of nitrogens with zero attached hydrogens (tertiary/aromatic N) is 2. The Balaban J connectivity index is 1.42. The van der Waals surface area contributed by atoms with Crippen molar-refractivity contribution >= 4 is 15.9 Å². The van der Waals surface area contributed by atoms with Gasteiger partial charge in [-0.15, -0.1) is 0 Å². The minimum absolute atomic E-state index is 0.0118. The molecular formula is C20H29N3O3S. The summed E-state index contributed by atoms with van der Waals surface area (Å²) in [5.74, 6) is 0.0118. The zero-order valence-electron chi connectivity index (χ0n) is 15.8. The summed E-state index contributed by atoms with van der Waals surface area (Å²) in [6, 6.07) is 6.51. The molecule has 0 radical (unpaired) electrons. The van der Waals surface area contributed by atoms with Crippen LogP contribution in [0.15, 0.2) is 29.2 Å². The molecule has 0 atom stereocenters. The molecular weight excluding hydrogens is 362 g/mol. The molecule has 3 heterocycles. The van der Waals surface area contributed by atoms with E-state index in [2.05, 4.69) is 5.32 Å². The lowest BCUT2D eigenvalue weighted by Crippen LogP contribution is -2.44. The first-order valence-corrected chi connectivity index (χ1v) is 11.5. The molecule has 0 aliphatic carbocycles. The number of amides is 1. The maximum atomic E-state index is 12.8. The zero-order chi connectivity index (χ0) is 18.9. The second-order valence-electron chi connectivity index (χ2n) is 8.21. The maximum Gasteiger partial charge on any atom is 0.253 e. The number of hydrogen-bond acceptors (Lipinski definition) is 4. The third-order valence-corrected chi connectivity index (χ3v) is 8.41. The first-order chi connectivity index (χ1) is 13.0. The number of rotatable bonds is 3. The summed E-state index contributed by atoms with van der Waals surface area (Å²) >= 11 is 0. The molecule has 1 spiro atoms. The largest absolute Gasteiger partial charge is 0.339 e. The average Bonchev–Trinajstić information content (AvgIpc) is 3.17. The van der Waals surface area contributed by atoms with Crippen molar-refractivity contribution in [3.05, 3.63) is 29.8 Å². The topological polar surface area (TPSA) is 69.7 Å². The van der Waals surface area contributed by atoms with Gasteiger partial charge in [-0.3, -0.25) is 4.79 Å². The molecule has 1 aromatic rings. The maximum absolute atomic E-state index is 12.8. The zero-order valence-corrected chi connectivity index (χ0v) is 16.6. The van der Waals surface area contributed by atoms with E-state index >= 15 is 0 Å². The van der Waals surface area contributed by atoms with Crippen LogP contribution in [0.1, 0.15) is 48.9 Å². The fraction of sp³-hybridized carbons (Fsp3) is 0.650. The Morgan fingerprint density at radius 2 is 1.59 bits per heavy atom. The van der Waals surface area contributed by atoms with Gasteiger partial charge in [0.2, 0.25) is 10.0 Å². The molecule has 3 fully saturated rings. The van der Waals surface area contributed by atoms with Crippen LogP contribution in [-0.4, -0.2) is 62.8 Å². The van der Waals surface area contributed by atoms with E-state index in [1.165, 1.54) is 6.42 Å². The minimum Gasteiger partial charge on any atom is -0.339 e. The third-order valence-electron chi connectivity index (χ3n) is 6.50. The number of carbonyl (C=O) groups excluding carboxylic acids is 1. The summed E-state index contributed by atoms with van der Waals surface area (Å²) in [6.45, 7) is 4.91. The molecule has 1 aromatic carbocycles. The minimum atomic E-state index is -3.44. The van der Waals surface area contributed by atoms with Gasteiger partial charge in [-0.2, -0.15) is 4.31 Å². The second kappa shape index (κ2) is 7.53. The quantitative estimate of drug-likeness (QED) is 0.856.